The van der Waals surface area contributed by atoms with Crippen LogP contribution in [-0.4, -0.2) is 46.6 Å². The van der Waals surface area contributed by atoms with Crippen molar-refractivity contribution in [2.45, 2.75) is 38.7 Å². The number of rotatable bonds is 4. The molecular formula is C19H21N3O4S. The quantitative estimate of drug-likeness (QED) is 0.818. The average Bonchev–Trinajstić information content (AvgIpc) is 3.39. The van der Waals surface area contributed by atoms with Gasteiger partial charge in [-0.05, 0) is 50.3 Å². The molecule has 1 N–H and O–H groups in total. The molecule has 3 heterocycles. The monoisotopic (exact) mass is 387 g/mol. The van der Waals surface area contributed by atoms with Crippen molar-refractivity contribution in [3.8, 4) is 5.00 Å². The number of fused-ring (bicyclic) bond motifs is 1. The molecule has 2 aliphatic rings. The molecule has 142 valence electrons. The molecule has 1 aliphatic carbocycles. The number of amides is 3. The van der Waals surface area contributed by atoms with Gasteiger partial charge < -0.3 is 14.6 Å². The van der Waals surface area contributed by atoms with E-state index in [9.17, 15) is 14.4 Å². The van der Waals surface area contributed by atoms with Gasteiger partial charge in [0.05, 0.1) is 5.56 Å². The number of imide groups is 1. The number of esters is 1. The Labute approximate surface area is 160 Å². The molecule has 8 heteroatoms. The number of nitrogens with zero attached hydrogens (tertiary/aromatic N) is 2. The minimum Gasteiger partial charge on any atom is -0.449 e. The van der Waals surface area contributed by atoms with E-state index in [-0.39, 0.29) is 0 Å². The molecule has 1 saturated heterocycles. The zero-order valence-corrected chi connectivity index (χ0v) is 15.9. The fraction of sp³-hybridized carbons (Fsp3) is 0.421. The molecule has 4 rings (SSSR count). The zero-order chi connectivity index (χ0) is 19.0. The highest BCUT2D eigenvalue weighted by Crippen LogP contribution is 2.37. The normalized spacial score (nSPS) is 17.4. The molecule has 1 atom stereocenters. The lowest BCUT2D eigenvalue weighted by molar-refractivity contribution is -0.136. The van der Waals surface area contributed by atoms with Crippen LogP contribution in [0.2, 0.25) is 0 Å². The van der Waals surface area contributed by atoms with Gasteiger partial charge in [0, 0.05) is 30.4 Å². The van der Waals surface area contributed by atoms with Gasteiger partial charge in [-0.2, -0.15) is 0 Å². The first-order valence-corrected chi connectivity index (χ1v) is 9.96. The maximum absolute atomic E-state index is 13.0. The van der Waals surface area contributed by atoms with Crippen molar-refractivity contribution >= 4 is 29.2 Å². The molecule has 0 aromatic carbocycles. The summed E-state index contributed by atoms with van der Waals surface area (Å²) >= 11 is 1.61. The third kappa shape index (κ3) is 3.25. The summed E-state index contributed by atoms with van der Waals surface area (Å²) < 4.78 is 7.42. The van der Waals surface area contributed by atoms with Crippen molar-refractivity contribution < 1.29 is 19.1 Å². The second kappa shape index (κ2) is 7.19. The molecule has 7 nitrogen and oxygen atoms in total. The van der Waals surface area contributed by atoms with Crippen LogP contribution >= 0.6 is 11.3 Å². The Hall–Kier alpha value is -2.61. The Balaban J connectivity index is 1.60. The lowest BCUT2D eigenvalue weighted by Crippen LogP contribution is -2.41. The number of ether oxygens (including phenoxy) is 1. The third-order valence-corrected chi connectivity index (χ3v) is 6.26. The van der Waals surface area contributed by atoms with Gasteiger partial charge in [0.2, 0.25) is 0 Å². The van der Waals surface area contributed by atoms with E-state index in [4.69, 9.17) is 4.74 Å². The lowest BCUT2D eigenvalue weighted by Gasteiger charge is -2.19. The first-order chi connectivity index (χ1) is 13.1. The number of nitrogens with one attached hydrogen (secondary N) is 1. The van der Waals surface area contributed by atoms with Crippen molar-refractivity contribution in [3.63, 3.8) is 0 Å². The Morgan fingerprint density at radius 2 is 1.96 bits per heavy atom. The van der Waals surface area contributed by atoms with Crippen molar-refractivity contribution in [2.75, 3.05) is 13.1 Å². The van der Waals surface area contributed by atoms with Crippen molar-refractivity contribution in [2.24, 2.45) is 0 Å². The molecule has 1 aliphatic heterocycles. The number of hydrogen-bond donors (Lipinski definition) is 1. The smallest absolute Gasteiger partial charge is 0.342 e. The van der Waals surface area contributed by atoms with Crippen LogP contribution < -0.4 is 5.32 Å². The highest BCUT2D eigenvalue weighted by atomic mass is 32.1. The standard InChI is InChI=1S/C19H21N3O4S/c1-12(16(23)22-11-8-20-19(22)25)26-18(24)15-13-6-2-3-7-14(13)27-17(15)21-9-4-5-10-21/h4-5,9-10,12H,2-3,6-8,11H2,1H3,(H,20,25)/t12-/m1/s1. The minimum absolute atomic E-state index is 0.294. The summed E-state index contributed by atoms with van der Waals surface area (Å²) in [7, 11) is 0. The van der Waals surface area contributed by atoms with Gasteiger partial charge >= 0.3 is 12.0 Å². The lowest BCUT2D eigenvalue weighted by atomic mass is 9.95. The van der Waals surface area contributed by atoms with Gasteiger partial charge in [-0.15, -0.1) is 11.3 Å². The molecule has 27 heavy (non-hydrogen) atoms. The van der Waals surface area contributed by atoms with E-state index in [1.807, 2.05) is 29.1 Å². The van der Waals surface area contributed by atoms with E-state index in [1.165, 1.54) is 11.8 Å². The highest BCUT2D eigenvalue weighted by Gasteiger charge is 2.34. The number of aromatic nitrogens is 1. The van der Waals surface area contributed by atoms with Gasteiger partial charge in [0.25, 0.3) is 5.91 Å². The maximum Gasteiger partial charge on any atom is 0.342 e. The van der Waals surface area contributed by atoms with Crippen LogP contribution in [0.5, 0.6) is 0 Å². The fourth-order valence-corrected chi connectivity index (χ4v) is 4.93. The molecule has 2 aromatic heterocycles. The average molecular weight is 387 g/mol. The number of urea groups is 1. The molecule has 0 saturated carbocycles. The molecule has 0 radical (unpaired) electrons. The van der Waals surface area contributed by atoms with E-state index in [0.717, 1.165) is 41.1 Å². The topological polar surface area (TPSA) is 80.6 Å². The van der Waals surface area contributed by atoms with Gasteiger partial charge in [-0.1, -0.05) is 0 Å². The number of thiophene rings is 1. The summed E-state index contributed by atoms with van der Waals surface area (Å²) in [6, 6.07) is 3.38. The minimum atomic E-state index is -1.02. The largest absolute Gasteiger partial charge is 0.449 e. The number of carbonyl (C=O) groups excluding carboxylic acids is 3. The van der Waals surface area contributed by atoms with Gasteiger partial charge in [0.15, 0.2) is 6.10 Å². The molecule has 0 unspecified atom stereocenters. The zero-order valence-electron chi connectivity index (χ0n) is 15.1. The number of hydrogen-bond acceptors (Lipinski definition) is 5. The summed E-state index contributed by atoms with van der Waals surface area (Å²) in [5.74, 6) is -0.997. The van der Waals surface area contributed by atoms with Crippen LogP contribution in [0.1, 0.15) is 40.6 Å². The van der Waals surface area contributed by atoms with E-state index < -0.39 is 24.0 Å². The van der Waals surface area contributed by atoms with Gasteiger partial charge in [-0.25, -0.2) is 9.59 Å². The predicted molar refractivity (Wildman–Crippen MR) is 100 cm³/mol. The first-order valence-electron chi connectivity index (χ1n) is 9.14. The molecule has 0 spiro atoms. The Kier molecular flexibility index (Phi) is 4.73. The first kappa shape index (κ1) is 17.8. The summed E-state index contributed by atoms with van der Waals surface area (Å²) in [4.78, 5) is 39.4. The summed E-state index contributed by atoms with van der Waals surface area (Å²) in [6.07, 6.45) is 6.74. The second-order valence-electron chi connectivity index (χ2n) is 6.75. The van der Waals surface area contributed by atoms with E-state index in [2.05, 4.69) is 5.32 Å². The van der Waals surface area contributed by atoms with Crippen molar-refractivity contribution in [1.82, 2.24) is 14.8 Å². The van der Waals surface area contributed by atoms with Crippen LogP contribution in [0, 0.1) is 0 Å². The Morgan fingerprint density at radius 1 is 1.22 bits per heavy atom. The predicted octanol–water partition coefficient (Wildman–Crippen LogP) is 2.51. The van der Waals surface area contributed by atoms with E-state index in [1.54, 1.807) is 11.3 Å². The van der Waals surface area contributed by atoms with Gasteiger partial charge in [0.1, 0.15) is 5.00 Å². The summed E-state index contributed by atoms with van der Waals surface area (Å²) in [6.45, 7) is 2.23. The van der Waals surface area contributed by atoms with Crippen molar-refractivity contribution in [3.05, 3.63) is 40.5 Å². The van der Waals surface area contributed by atoms with E-state index in [0.29, 0.717) is 18.7 Å². The molecule has 0 bridgehead atoms. The third-order valence-electron chi connectivity index (χ3n) is 4.95. The highest BCUT2D eigenvalue weighted by molar-refractivity contribution is 7.15. The number of aryl methyl sites for hydroxylation is 1. The van der Waals surface area contributed by atoms with Crippen LogP contribution in [0.15, 0.2) is 24.5 Å². The van der Waals surface area contributed by atoms with E-state index >= 15 is 0 Å². The van der Waals surface area contributed by atoms with Crippen LogP contribution in [0.3, 0.4) is 0 Å². The SMILES string of the molecule is C[C@@H](OC(=O)c1c(-n2cccc2)sc2c1CCCC2)C(=O)N1CCNC1=O. The fourth-order valence-electron chi connectivity index (χ4n) is 3.58. The van der Waals surface area contributed by atoms with Crippen molar-refractivity contribution in [1.29, 1.82) is 0 Å². The molecule has 1 fully saturated rings. The summed E-state index contributed by atoms with van der Waals surface area (Å²) in [5.41, 5.74) is 1.59. The Morgan fingerprint density at radius 3 is 2.67 bits per heavy atom. The summed E-state index contributed by atoms with van der Waals surface area (Å²) in [5, 5.41) is 3.41. The maximum atomic E-state index is 13.0. The van der Waals surface area contributed by atoms with Crippen LogP contribution in [-0.2, 0) is 22.4 Å². The second-order valence-corrected chi connectivity index (χ2v) is 7.83. The van der Waals surface area contributed by atoms with Gasteiger partial charge in [-0.3, -0.25) is 9.69 Å². The molecule has 3 amide bonds. The molecule has 2 aromatic rings. The van der Waals surface area contributed by atoms with Crippen LogP contribution in [0.25, 0.3) is 5.00 Å². The number of carbonyl (C=O) groups is 3. The molecular weight excluding hydrogens is 366 g/mol. The Bertz CT molecular complexity index is 887. The van der Waals surface area contributed by atoms with Crippen LogP contribution in [0.4, 0.5) is 4.79 Å².